The molecule has 8 heteroatoms. The van der Waals surface area contributed by atoms with Gasteiger partial charge in [0.2, 0.25) is 0 Å². The van der Waals surface area contributed by atoms with Crippen LogP contribution in [-0.2, 0) is 13.2 Å². The van der Waals surface area contributed by atoms with Crippen LogP contribution in [-0.4, -0.2) is 20.4 Å². The van der Waals surface area contributed by atoms with E-state index in [1.54, 1.807) is 0 Å². The highest BCUT2D eigenvalue weighted by molar-refractivity contribution is 5.87. The third kappa shape index (κ3) is 2.31. The van der Waals surface area contributed by atoms with Crippen molar-refractivity contribution in [3.8, 4) is 5.69 Å². The molecular formula is C12H9F3N2O3. The molecule has 1 heterocycles. The Balaban J connectivity index is 2.64. The van der Waals surface area contributed by atoms with Crippen LogP contribution in [0.2, 0.25) is 0 Å². The second kappa shape index (κ2) is 4.55. The van der Waals surface area contributed by atoms with Gasteiger partial charge in [0.05, 0.1) is 11.3 Å². The lowest BCUT2D eigenvalue weighted by molar-refractivity contribution is -0.137. The van der Waals surface area contributed by atoms with Crippen LogP contribution in [0.15, 0.2) is 35.3 Å². The highest BCUT2D eigenvalue weighted by Gasteiger charge is 2.31. The number of nitrogens with zero attached hydrogens (tertiary/aromatic N) is 2. The van der Waals surface area contributed by atoms with Crippen molar-refractivity contribution in [2.24, 2.45) is 7.05 Å². The number of aryl methyl sites for hydroxylation is 1. The molecule has 0 saturated heterocycles. The van der Waals surface area contributed by atoms with Gasteiger partial charge < -0.3 is 5.11 Å². The maximum atomic E-state index is 12.6. The lowest BCUT2D eigenvalue weighted by atomic mass is 10.2. The Kier molecular flexibility index (Phi) is 3.16. The molecule has 106 valence electrons. The highest BCUT2D eigenvalue weighted by atomic mass is 19.4. The average Bonchev–Trinajstić information content (AvgIpc) is 2.64. The SMILES string of the molecule is Cn1cc(C(=O)O)c(=O)n1-c1cccc(C(F)(F)F)c1. The highest BCUT2D eigenvalue weighted by Crippen LogP contribution is 2.30. The fourth-order valence-electron chi connectivity index (χ4n) is 1.82. The summed E-state index contributed by atoms with van der Waals surface area (Å²) in [4.78, 5) is 22.7. The maximum Gasteiger partial charge on any atom is 0.416 e. The standard InChI is InChI=1S/C12H9F3N2O3/c1-16-6-9(11(19)20)10(18)17(16)8-4-2-3-7(5-8)12(13,14)15/h2-6H,1H3,(H,19,20). The summed E-state index contributed by atoms with van der Waals surface area (Å²) < 4.78 is 39.9. The number of benzene rings is 1. The number of carboxylic acids is 1. The van der Waals surface area contributed by atoms with Gasteiger partial charge in [-0.2, -0.15) is 13.2 Å². The van der Waals surface area contributed by atoms with Crippen LogP contribution in [0.25, 0.3) is 5.69 Å². The van der Waals surface area contributed by atoms with Crippen molar-refractivity contribution in [2.75, 3.05) is 0 Å². The van der Waals surface area contributed by atoms with E-state index in [0.717, 1.165) is 33.8 Å². The molecule has 0 amide bonds. The van der Waals surface area contributed by atoms with E-state index in [1.165, 1.54) is 13.1 Å². The van der Waals surface area contributed by atoms with Crippen molar-refractivity contribution >= 4 is 5.97 Å². The topological polar surface area (TPSA) is 64.2 Å². The van der Waals surface area contributed by atoms with Crippen LogP contribution in [0.4, 0.5) is 13.2 Å². The van der Waals surface area contributed by atoms with Gasteiger partial charge in [0, 0.05) is 13.2 Å². The number of alkyl halides is 3. The molecule has 0 bridgehead atoms. The Bertz CT molecular complexity index is 728. The van der Waals surface area contributed by atoms with Crippen molar-refractivity contribution in [2.45, 2.75) is 6.18 Å². The molecule has 0 unspecified atom stereocenters. The van der Waals surface area contributed by atoms with Gasteiger partial charge in [0.15, 0.2) is 0 Å². The Morgan fingerprint density at radius 2 is 1.95 bits per heavy atom. The number of hydrogen-bond acceptors (Lipinski definition) is 2. The second-order valence-corrected chi connectivity index (χ2v) is 4.09. The third-order valence-electron chi connectivity index (χ3n) is 2.70. The van der Waals surface area contributed by atoms with Gasteiger partial charge in [0.25, 0.3) is 5.56 Å². The molecule has 1 aromatic carbocycles. The number of rotatable bonds is 2. The fourth-order valence-corrected chi connectivity index (χ4v) is 1.82. The second-order valence-electron chi connectivity index (χ2n) is 4.09. The first-order valence-electron chi connectivity index (χ1n) is 5.41. The molecule has 0 aliphatic carbocycles. The lowest BCUT2D eigenvalue weighted by Crippen LogP contribution is -2.23. The van der Waals surface area contributed by atoms with Crippen LogP contribution >= 0.6 is 0 Å². The van der Waals surface area contributed by atoms with Crippen molar-refractivity contribution in [3.05, 3.63) is 51.9 Å². The van der Waals surface area contributed by atoms with Crippen LogP contribution < -0.4 is 5.56 Å². The minimum Gasteiger partial charge on any atom is -0.477 e. The molecule has 0 fully saturated rings. The van der Waals surface area contributed by atoms with Crippen molar-refractivity contribution in [3.63, 3.8) is 0 Å². The first kappa shape index (κ1) is 13.9. The van der Waals surface area contributed by atoms with Gasteiger partial charge in [-0.25, -0.2) is 9.48 Å². The van der Waals surface area contributed by atoms with E-state index >= 15 is 0 Å². The molecule has 0 aliphatic rings. The Labute approximate surface area is 110 Å². The van der Waals surface area contributed by atoms with Gasteiger partial charge in [-0.3, -0.25) is 9.48 Å². The molecule has 0 saturated carbocycles. The number of halogens is 3. The zero-order chi connectivity index (χ0) is 15.1. The zero-order valence-corrected chi connectivity index (χ0v) is 10.2. The minimum atomic E-state index is -4.54. The maximum absolute atomic E-state index is 12.6. The van der Waals surface area contributed by atoms with E-state index < -0.39 is 28.8 Å². The molecule has 0 atom stereocenters. The summed E-state index contributed by atoms with van der Waals surface area (Å²) in [7, 11) is 1.37. The molecule has 2 aromatic rings. The fraction of sp³-hybridized carbons (Fsp3) is 0.167. The molecule has 5 nitrogen and oxygen atoms in total. The van der Waals surface area contributed by atoms with Crippen LogP contribution in [0.3, 0.4) is 0 Å². The third-order valence-corrected chi connectivity index (χ3v) is 2.70. The summed E-state index contributed by atoms with van der Waals surface area (Å²) in [5, 5.41) is 8.83. The zero-order valence-electron chi connectivity index (χ0n) is 10.2. The smallest absolute Gasteiger partial charge is 0.416 e. The molecular weight excluding hydrogens is 277 g/mol. The van der Waals surface area contributed by atoms with E-state index in [0.29, 0.717) is 0 Å². The number of aromatic nitrogens is 2. The normalized spacial score (nSPS) is 11.6. The summed E-state index contributed by atoms with van der Waals surface area (Å²) >= 11 is 0. The predicted octanol–water partition coefficient (Wildman–Crippen LogP) is 1.89. The number of carbonyl (C=O) groups is 1. The van der Waals surface area contributed by atoms with Crippen LogP contribution in [0, 0.1) is 0 Å². The van der Waals surface area contributed by atoms with Gasteiger partial charge in [-0.05, 0) is 18.2 Å². The molecule has 1 N–H and O–H groups in total. The van der Waals surface area contributed by atoms with Crippen molar-refractivity contribution < 1.29 is 23.1 Å². The average molecular weight is 286 g/mol. The van der Waals surface area contributed by atoms with E-state index in [-0.39, 0.29) is 5.69 Å². The Morgan fingerprint density at radius 3 is 2.45 bits per heavy atom. The van der Waals surface area contributed by atoms with Crippen molar-refractivity contribution in [1.29, 1.82) is 0 Å². The lowest BCUT2D eigenvalue weighted by Gasteiger charge is -2.10. The summed E-state index contributed by atoms with van der Waals surface area (Å²) in [5.74, 6) is -1.43. The minimum absolute atomic E-state index is 0.0557. The monoisotopic (exact) mass is 286 g/mol. The van der Waals surface area contributed by atoms with Crippen LogP contribution in [0.1, 0.15) is 15.9 Å². The summed E-state index contributed by atoms with van der Waals surface area (Å²) in [6.07, 6.45) is -3.49. The molecule has 0 aliphatic heterocycles. The first-order chi connectivity index (χ1) is 9.21. The molecule has 1 aromatic heterocycles. The molecule has 0 spiro atoms. The molecule has 20 heavy (non-hydrogen) atoms. The first-order valence-corrected chi connectivity index (χ1v) is 5.41. The van der Waals surface area contributed by atoms with E-state index in [4.69, 9.17) is 5.11 Å². The number of aromatic carboxylic acids is 1. The quantitative estimate of drug-likeness (QED) is 0.917. The van der Waals surface area contributed by atoms with E-state index in [2.05, 4.69) is 0 Å². The summed E-state index contributed by atoms with van der Waals surface area (Å²) in [5.41, 5.74) is -2.37. The summed E-state index contributed by atoms with van der Waals surface area (Å²) in [6, 6.07) is 4.10. The largest absolute Gasteiger partial charge is 0.477 e. The molecule has 0 radical (unpaired) electrons. The summed E-state index contributed by atoms with van der Waals surface area (Å²) in [6.45, 7) is 0. The Morgan fingerprint density at radius 1 is 1.30 bits per heavy atom. The van der Waals surface area contributed by atoms with Crippen LogP contribution in [0.5, 0.6) is 0 Å². The Hall–Kier alpha value is -2.51. The predicted molar refractivity (Wildman–Crippen MR) is 63.0 cm³/mol. The van der Waals surface area contributed by atoms with Crippen molar-refractivity contribution in [1.82, 2.24) is 9.36 Å². The molecule has 2 rings (SSSR count). The van der Waals surface area contributed by atoms with E-state index in [9.17, 15) is 22.8 Å². The number of carboxylic acid groups (broad SMARTS) is 1. The van der Waals surface area contributed by atoms with Gasteiger partial charge >= 0.3 is 12.1 Å². The number of hydrogen-bond donors (Lipinski definition) is 1. The van der Waals surface area contributed by atoms with Gasteiger partial charge in [-0.1, -0.05) is 6.07 Å². The van der Waals surface area contributed by atoms with E-state index in [1.807, 2.05) is 0 Å². The van der Waals surface area contributed by atoms with Gasteiger partial charge in [0.1, 0.15) is 5.56 Å². The van der Waals surface area contributed by atoms with Gasteiger partial charge in [-0.15, -0.1) is 0 Å².